The topological polar surface area (TPSA) is 49.5 Å². The lowest BCUT2D eigenvalue weighted by Crippen LogP contribution is -2.31. The summed E-state index contributed by atoms with van der Waals surface area (Å²) in [5.74, 6) is 0. The molecule has 3 N–H and O–H groups in total. The summed E-state index contributed by atoms with van der Waals surface area (Å²) >= 11 is 0. The Balaban J connectivity index is 2.16. The summed E-state index contributed by atoms with van der Waals surface area (Å²) in [6.45, 7) is 6.76. The second kappa shape index (κ2) is 3.73. The Kier molecular flexibility index (Phi) is 3.09. The summed E-state index contributed by atoms with van der Waals surface area (Å²) in [5.41, 5.74) is 5.23. The largest absolute Gasteiger partial charge is 0.390 e. The Bertz CT molecular complexity index is 142. The molecule has 1 aliphatic heterocycles. The molecule has 1 heterocycles. The maximum absolute atomic E-state index is 9.49. The molecule has 0 spiro atoms. The van der Waals surface area contributed by atoms with Crippen LogP contribution < -0.4 is 5.73 Å². The number of rotatable bonds is 3. The Morgan fingerprint density at radius 1 is 1.58 bits per heavy atom. The van der Waals surface area contributed by atoms with Gasteiger partial charge in [0.05, 0.1) is 5.60 Å². The van der Waals surface area contributed by atoms with E-state index in [1.165, 1.54) is 0 Å². The van der Waals surface area contributed by atoms with Gasteiger partial charge in [-0.1, -0.05) is 0 Å². The van der Waals surface area contributed by atoms with E-state index in [0.717, 1.165) is 32.5 Å². The van der Waals surface area contributed by atoms with E-state index in [2.05, 4.69) is 4.90 Å². The first-order chi connectivity index (χ1) is 5.47. The lowest BCUT2D eigenvalue weighted by atomic mass is 10.1. The van der Waals surface area contributed by atoms with Crippen LogP contribution in [0.15, 0.2) is 0 Å². The predicted octanol–water partition coefficient (Wildman–Crippen LogP) is 0.180. The average molecular weight is 172 g/mol. The summed E-state index contributed by atoms with van der Waals surface area (Å²) in [5, 5.41) is 9.49. The van der Waals surface area contributed by atoms with Gasteiger partial charge in [0, 0.05) is 19.1 Å². The molecule has 12 heavy (non-hydrogen) atoms. The summed E-state index contributed by atoms with van der Waals surface area (Å²) < 4.78 is 0. The molecule has 0 radical (unpaired) electrons. The third-order valence-corrected chi connectivity index (χ3v) is 2.35. The molecule has 1 unspecified atom stereocenters. The van der Waals surface area contributed by atoms with Crippen LogP contribution in [0.1, 0.15) is 26.7 Å². The molecule has 0 aliphatic carbocycles. The number of hydrogen-bond acceptors (Lipinski definition) is 3. The van der Waals surface area contributed by atoms with Gasteiger partial charge in [-0.15, -0.1) is 0 Å². The highest BCUT2D eigenvalue weighted by Crippen LogP contribution is 2.12. The number of likely N-dealkylation sites (tertiary alicyclic amines) is 1. The first-order valence-electron chi connectivity index (χ1n) is 4.68. The van der Waals surface area contributed by atoms with Crippen molar-refractivity contribution in [1.82, 2.24) is 4.90 Å². The molecular formula is C9H20N2O. The van der Waals surface area contributed by atoms with Crippen LogP contribution in [0, 0.1) is 0 Å². The van der Waals surface area contributed by atoms with Gasteiger partial charge in [-0.3, -0.25) is 0 Å². The van der Waals surface area contributed by atoms with Crippen molar-refractivity contribution in [2.75, 3.05) is 19.6 Å². The van der Waals surface area contributed by atoms with E-state index < -0.39 is 5.60 Å². The summed E-state index contributed by atoms with van der Waals surface area (Å²) in [6.07, 6.45) is 1.94. The fourth-order valence-electron chi connectivity index (χ4n) is 1.50. The van der Waals surface area contributed by atoms with Gasteiger partial charge in [0.2, 0.25) is 0 Å². The Morgan fingerprint density at radius 2 is 2.25 bits per heavy atom. The first-order valence-corrected chi connectivity index (χ1v) is 4.68. The molecule has 0 bridgehead atoms. The van der Waals surface area contributed by atoms with Gasteiger partial charge in [0.1, 0.15) is 0 Å². The lowest BCUT2D eigenvalue weighted by Gasteiger charge is -2.21. The highest BCUT2D eigenvalue weighted by molar-refractivity contribution is 4.79. The smallest absolute Gasteiger partial charge is 0.0603 e. The molecule has 1 atom stereocenters. The van der Waals surface area contributed by atoms with Crippen molar-refractivity contribution in [3.8, 4) is 0 Å². The molecule has 3 heteroatoms. The molecule has 72 valence electrons. The number of aliphatic hydroxyl groups is 1. The molecule has 0 aromatic carbocycles. The van der Waals surface area contributed by atoms with Crippen LogP contribution in [-0.2, 0) is 0 Å². The van der Waals surface area contributed by atoms with Gasteiger partial charge in [0.25, 0.3) is 0 Å². The van der Waals surface area contributed by atoms with E-state index in [0.29, 0.717) is 6.04 Å². The monoisotopic (exact) mass is 172 g/mol. The van der Waals surface area contributed by atoms with Gasteiger partial charge in [-0.05, 0) is 33.2 Å². The fourth-order valence-corrected chi connectivity index (χ4v) is 1.50. The van der Waals surface area contributed by atoms with Crippen LogP contribution in [0.4, 0.5) is 0 Å². The van der Waals surface area contributed by atoms with Crippen LogP contribution in [0.3, 0.4) is 0 Å². The third-order valence-electron chi connectivity index (χ3n) is 2.35. The zero-order valence-electron chi connectivity index (χ0n) is 8.08. The fraction of sp³-hybridized carbons (Fsp3) is 1.00. The highest BCUT2D eigenvalue weighted by atomic mass is 16.3. The zero-order valence-corrected chi connectivity index (χ0v) is 8.08. The van der Waals surface area contributed by atoms with E-state index in [9.17, 15) is 5.11 Å². The van der Waals surface area contributed by atoms with Crippen molar-refractivity contribution < 1.29 is 5.11 Å². The second-order valence-corrected chi connectivity index (χ2v) is 4.41. The van der Waals surface area contributed by atoms with E-state index in [1.54, 1.807) is 0 Å². The maximum Gasteiger partial charge on any atom is 0.0603 e. The number of nitrogens with two attached hydrogens (primary N) is 1. The SMILES string of the molecule is CC(C)(O)CCN1CCC(N)C1. The van der Waals surface area contributed by atoms with E-state index >= 15 is 0 Å². The van der Waals surface area contributed by atoms with Crippen molar-refractivity contribution >= 4 is 0 Å². The molecule has 1 aliphatic rings. The molecule has 1 rings (SSSR count). The highest BCUT2D eigenvalue weighted by Gasteiger charge is 2.21. The zero-order chi connectivity index (χ0) is 9.19. The number of nitrogens with zero attached hydrogens (tertiary/aromatic N) is 1. The van der Waals surface area contributed by atoms with Gasteiger partial charge in [0.15, 0.2) is 0 Å². The van der Waals surface area contributed by atoms with Crippen LogP contribution in [0.2, 0.25) is 0 Å². The maximum atomic E-state index is 9.49. The van der Waals surface area contributed by atoms with Crippen molar-refractivity contribution in [2.45, 2.75) is 38.3 Å². The normalized spacial score (nSPS) is 26.5. The summed E-state index contributed by atoms with van der Waals surface area (Å²) in [4.78, 5) is 2.32. The average Bonchev–Trinajstić information content (AvgIpc) is 2.30. The lowest BCUT2D eigenvalue weighted by molar-refractivity contribution is 0.0604. The molecule has 0 aromatic rings. The van der Waals surface area contributed by atoms with Crippen molar-refractivity contribution in [2.24, 2.45) is 5.73 Å². The molecule has 1 saturated heterocycles. The molecule has 0 aromatic heterocycles. The minimum atomic E-state index is -0.535. The molecule has 0 amide bonds. The van der Waals surface area contributed by atoms with Gasteiger partial charge in [-0.25, -0.2) is 0 Å². The van der Waals surface area contributed by atoms with Crippen molar-refractivity contribution in [1.29, 1.82) is 0 Å². The van der Waals surface area contributed by atoms with Crippen molar-refractivity contribution in [3.63, 3.8) is 0 Å². The summed E-state index contributed by atoms with van der Waals surface area (Å²) in [6, 6.07) is 0.354. The van der Waals surface area contributed by atoms with Crippen LogP contribution >= 0.6 is 0 Å². The summed E-state index contributed by atoms with van der Waals surface area (Å²) in [7, 11) is 0. The van der Waals surface area contributed by atoms with Crippen LogP contribution in [-0.4, -0.2) is 41.3 Å². The molecule has 3 nitrogen and oxygen atoms in total. The minimum absolute atomic E-state index is 0.354. The van der Waals surface area contributed by atoms with Crippen LogP contribution in [0.5, 0.6) is 0 Å². The van der Waals surface area contributed by atoms with Gasteiger partial charge >= 0.3 is 0 Å². The second-order valence-electron chi connectivity index (χ2n) is 4.41. The standard InChI is InChI=1S/C9H20N2O/c1-9(2,12)4-6-11-5-3-8(10)7-11/h8,12H,3-7,10H2,1-2H3. The third kappa shape index (κ3) is 3.52. The number of hydrogen-bond donors (Lipinski definition) is 2. The molecular weight excluding hydrogens is 152 g/mol. The first kappa shape index (κ1) is 9.96. The van der Waals surface area contributed by atoms with Crippen LogP contribution in [0.25, 0.3) is 0 Å². The Morgan fingerprint density at radius 3 is 2.67 bits per heavy atom. The predicted molar refractivity (Wildman–Crippen MR) is 49.9 cm³/mol. The molecule has 0 saturated carbocycles. The van der Waals surface area contributed by atoms with Gasteiger partial charge < -0.3 is 15.7 Å². The van der Waals surface area contributed by atoms with Crippen molar-refractivity contribution in [3.05, 3.63) is 0 Å². The Hall–Kier alpha value is -0.120. The van der Waals surface area contributed by atoms with E-state index in [1.807, 2.05) is 13.8 Å². The van der Waals surface area contributed by atoms with Gasteiger partial charge in [-0.2, -0.15) is 0 Å². The van der Waals surface area contributed by atoms with E-state index in [-0.39, 0.29) is 0 Å². The quantitative estimate of drug-likeness (QED) is 0.638. The van der Waals surface area contributed by atoms with E-state index in [4.69, 9.17) is 5.73 Å². The molecule has 1 fully saturated rings. The minimum Gasteiger partial charge on any atom is -0.390 e. The Labute approximate surface area is 74.5 Å².